The topological polar surface area (TPSA) is 55.1 Å². The summed E-state index contributed by atoms with van der Waals surface area (Å²) in [5, 5.41) is 9.77. The summed E-state index contributed by atoms with van der Waals surface area (Å²) < 4.78 is 26.1. The van der Waals surface area contributed by atoms with Crippen molar-refractivity contribution in [2.24, 2.45) is 0 Å². The third-order valence-electron chi connectivity index (χ3n) is 3.20. The van der Waals surface area contributed by atoms with Gasteiger partial charge in [0.1, 0.15) is 5.65 Å². The molecule has 0 radical (unpaired) electrons. The Kier molecular flexibility index (Phi) is 3.13. The van der Waals surface area contributed by atoms with E-state index in [2.05, 4.69) is 4.98 Å². The first-order chi connectivity index (χ1) is 10.1. The van der Waals surface area contributed by atoms with Gasteiger partial charge in [-0.2, -0.15) is 0 Å². The van der Waals surface area contributed by atoms with Crippen LogP contribution in [0.5, 0.6) is 0 Å². The van der Waals surface area contributed by atoms with Gasteiger partial charge < -0.3 is 5.11 Å². The van der Waals surface area contributed by atoms with Crippen molar-refractivity contribution in [3.8, 4) is 11.3 Å². The quantitative estimate of drug-likeness (QED) is 0.770. The lowest BCUT2D eigenvalue weighted by molar-refractivity contribution is 0.151. The van der Waals surface area contributed by atoms with Gasteiger partial charge in [0.2, 0.25) is 0 Å². The molecular formula is C15H10F2N2O2. The number of halogens is 2. The highest BCUT2D eigenvalue weighted by atomic mass is 19.3. The van der Waals surface area contributed by atoms with Gasteiger partial charge >= 0.3 is 6.09 Å². The van der Waals surface area contributed by atoms with Gasteiger partial charge in [-0.3, -0.25) is 0 Å². The summed E-state index contributed by atoms with van der Waals surface area (Å²) in [6, 6.07) is 10.9. The number of hydrogen-bond donors (Lipinski definition) is 1. The SMILES string of the molecule is O=C(O)n1ccc2ccc(-c3ccc(C(F)F)cc3)nc21. The molecule has 6 heteroatoms. The zero-order valence-electron chi connectivity index (χ0n) is 10.7. The Balaban J connectivity index is 2.07. The van der Waals surface area contributed by atoms with E-state index in [9.17, 15) is 13.6 Å². The Bertz CT molecular complexity index is 810. The maximum atomic E-state index is 12.5. The minimum Gasteiger partial charge on any atom is -0.464 e. The van der Waals surface area contributed by atoms with Crippen molar-refractivity contribution < 1.29 is 18.7 Å². The molecule has 0 aliphatic carbocycles. The van der Waals surface area contributed by atoms with Gasteiger partial charge in [0.15, 0.2) is 0 Å². The Hall–Kier alpha value is -2.76. The third-order valence-corrected chi connectivity index (χ3v) is 3.20. The molecular weight excluding hydrogens is 278 g/mol. The van der Waals surface area contributed by atoms with Crippen molar-refractivity contribution in [2.75, 3.05) is 0 Å². The molecule has 106 valence electrons. The van der Waals surface area contributed by atoms with Crippen LogP contribution in [0, 0.1) is 0 Å². The van der Waals surface area contributed by atoms with E-state index in [0.717, 1.165) is 4.57 Å². The molecule has 0 saturated carbocycles. The molecule has 4 nitrogen and oxygen atoms in total. The van der Waals surface area contributed by atoms with Gasteiger partial charge in [0.25, 0.3) is 6.43 Å². The van der Waals surface area contributed by atoms with E-state index in [1.807, 2.05) is 0 Å². The Morgan fingerprint density at radius 1 is 1.10 bits per heavy atom. The van der Waals surface area contributed by atoms with Crippen LogP contribution in [-0.4, -0.2) is 20.8 Å². The predicted octanol–water partition coefficient (Wildman–Crippen LogP) is 4.17. The zero-order chi connectivity index (χ0) is 15.0. The smallest absolute Gasteiger partial charge is 0.417 e. The molecule has 0 atom stereocenters. The molecule has 0 aliphatic rings. The zero-order valence-corrected chi connectivity index (χ0v) is 10.7. The summed E-state index contributed by atoms with van der Waals surface area (Å²) in [5.41, 5.74) is 1.44. The van der Waals surface area contributed by atoms with Crippen LogP contribution in [0.4, 0.5) is 13.6 Å². The monoisotopic (exact) mass is 288 g/mol. The van der Waals surface area contributed by atoms with Gasteiger partial charge in [0, 0.05) is 22.7 Å². The molecule has 2 aromatic heterocycles. The molecule has 3 aromatic rings. The van der Waals surface area contributed by atoms with E-state index in [0.29, 0.717) is 22.3 Å². The van der Waals surface area contributed by atoms with E-state index in [4.69, 9.17) is 5.11 Å². The third kappa shape index (κ3) is 2.35. The fourth-order valence-corrected chi connectivity index (χ4v) is 2.12. The molecule has 0 saturated heterocycles. The summed E-state index contributed by atoms with van der Waals surface area (Å²) in [5.74, 6) is 0. The Morgan fingerprint density at radius 2 is 1.81 bits per heavy atom. The normalized spacial score (nSPS) is 11.2. The summed E-state index contributed by atoms with van der Waals surface area (Å²) in [4.78, 5) is 15.4. The van der Waals surface area contributed by atoms with Gasteiger partial charge in [-0.15, -0.1) is 0 Å². The molecule has 0 amide bonds. The molecule has 0 spiro atoms. The fraction of sp³-hybridized carbons (Fsp3) is 0.0667. The molecule has 2 heterocycles. The maximum Gasteiger partial charge on any atom is 0.417 e. The highest BCUT2D eigenvalue weighted by Crippen LogP contribution is 2.25. The first kappa shape index (κ1) is 13.2. The molecule has 1 aromatic carbocycles. The Morgan fingerprint density at radius 3 is 2.43 bits per heavy atom. The van der Waals surface area contributed by atoms with Crippen LogP contribution in [0.3, 0.4) is 0 Å². The minimum absolute atomic E-state index is 0.0614. The van der Waals surface area contributed by atoms with E-state index in [1.165, 1.54) is 18.3 Å². The summed E-state index contributed by atoms with van der Waals surface area (Å²) in [6.07, 6.45) is -2.22. The number of aromatic nitrogens is 2. The van der Waals surface area contributed by atoms with Crippen LogP contribution < -0.4 is 0 Å². The van der Waals surface area contributed by atoms with Crippen molar-refractivity contribution in [3.63, 3.8) is 0 Å². The molecule has 3 rings (SSSR count). The second kappa shape index (κ2) is 4.97. The van der Waals surface area contributed by atoms with Crippen molar-refractivity contribution in [3.05, 3.63) is 54.2 Å². The number of alkyl halides is 2. The van der Waals surface area contributed by atoms with Crippen molar-refractivity contribution in [1.82, 2.24) is 9.55 Å². The minimum atomic E-state index is -2.52. The molecule has 0 bridgehead atoms. The second-order valence-corrected chi connectivity index (χ2v) is 4.50. The largest absolute Gasteiger partial charge is 0.464 e. The number of fused-ring (bicyclic) bond motifs is 1. The molecule has 0 aliphatic heterocycles. The number of benzene rings is 1. The van der Waals surface area contributed by atoms with Gasteiger partial charge in [-0.05, 0) is 18.2 Å². The summed E-state index contributed by atoms with van der Waals surface area (Å²) >= 11 is 0. The summed E-state index contributed by atoms with van der Waals surface area (Å²) in [6.45, 7) is 0. The number of rotatable bonds is 2. The molecule has 1 N–H and O–H groups in total. The van der Waals surface area contributed by atoms with Crippen molar-refractivity contribution >= 4 is 17.1 Å². The molecule has 0 fully saturated rings. The van der Waals surface area contributed by atoms with Gasteiger partial charge in [0.05, 0.1) is 5.69 Å². The highest BCUT2D eigenvalue weighted by molar-refractivity contribution is 5.87. The summed E-state index contributed by atoms with van der Waals surface area (Å²) in [7, 11) is 0. The van der Waals surface area contributed by atoms with Crippen molar-refractivity contribution in [1.29, 1.82) is 0 Å². The fourth-order valence-electron chi connectivity index (χ4n) is 2.12. The highest BCUT2D eigenvalue weighted by Gasteiger charge is 2.11. The Labute approximate surface area is 118 Å². The van der Waals surface area contributed by atoms with E-state index in [-0.39, 0.29) is 5.56 Å². The van der Waals surface area contributed by atoms with Crippen LogP contribution in [-0.2, 0) is 0 Å². The molecule has 0 unspecified atom stereocenters. The number of carbonyl (C=O) groups is 1. The van der Waals surface area contributed by atoms with E-state index in [1.54, 1.807) is 30.3 Å². The van der Waals surface area contributed by atoms with Gasteiger partial charge in [-0.25, -0.2) is 23.1 Å². The number of carboxylic acid groups (broad SMARTS) is 1. The average molecular weight is 288 g/mol. The van der Waals surface area contributed by atoms with Gasteiger partial charge in [-0.1, -0.05) is 24.3 Å². The second-order valence-electron chi connectivity index (χ2n) is 4.50. The average Bonchev–Trinajstić information content (AvgIpc) is 2.90. The molecule has 21 heavy (non-hydrogen) atoms. The lowest BCUT2D eigenvalue weighted by Crippen LogP contribution is -2.06. The first-order valence-corrected chi connectivity index (χ1v) is 6.16. The van der Waals surface area contributed by atoms with Crippen molar-refractivity contribution in [2.45, 2.75) is 6.43 Å². The lowest BCUT2D eigenvalue weighted by atomic mass is 10.1. The van der Waals surface area contributed by atoms with Crippen LogP contribution >= 0.6 is 0 Å². The first-order valence-electron chi connectivity index (χ1n) is 6.16. The number of hydrogen-bond acceptors (Lipinski definition) is 2. The standard InChI is InChI=1S/C15H10F2N2O2/c16-13(17)10-3-1-9(2-4-10)12-6-5-11-7-8-19(15(20)21)14(11)18-12/h1-8,13H,(H,20,21). The van der Waals surface area contributed by atoms with Crippen LogP contribution in [0.15, 0.2) is 48.7 Å². The number of nitrogens with zero attached hydrogens (tertiary/aromatic N) is 2. The lowest BCUT2D eigenvalue weighted by Gasteiger charge is -2.04. The predicted molar refractivity (Wildman–Crippen MR) is 73.5 cm³/mol. The number of pyridine rings is 1. The maximum absolute atomic E-state index is 12.5. The van der Waals surface area contributed by atoms with E-state index >= 15 is 0 Å². The van der Waals surface area contributed by atoms with Crippen LogP contribution in [0.1, 0.15) is 12.0 Å². The van der Waals surface area contributed by atoms with Crippen LogP contribution in [0.25, 0.3) is 22.3 Å². The van der Waals surface area contributed by atoms with Crippen LogP contribution in [0.2, 0.25) is 0 Å². The van der Waals surface area contributed by atoms with E-state index < -0.39 is 12.5 Å².